The van der Waals surface area contributed by atoms with Crippen LogP contribution in [-0.2, 0) is 4.74 Å². The van der Waals surface area contributed by atoms with Gasteiger partial charge in [0, 0.05) is 31.8 Å². The zero-order valence-electron chi connectivity index (χ0n) is 10.8. The van der Waals surface area contributed by atoms with Crippen LogP contribution in [0.25, 0.3) is 0 Å². The van der Waals surface area contributed by atoms with Crippen LogP contribution >= 0.6 is 0 Å². The van der Waals surface area contributed by atoms with E-state index < -0.39 is 0 Å². The number of hydrogen-bond acceptors (Lipinski definition) is 3. The maximum absolute atomic E-state index is 5.42. The molecule has 0 saturated carbocycles. The molecule has 0 aromatic rings. The van der Waals surface area contributed by atoms with Crippen LogP contribution in [0.2, 0.25) is 0 Å². The van der Waals surface area contributed by atoms with Crippen LogP contribution in [0.15, 0.2) is 0 Å². The molecular formula is C13H26N2O. The topological polar surface area (TPSA) is 33.3 Å². The fraction of sp³-hybridized carbons (Fsp3) is 1.00. The molecule has 0 amide bonds. The second kappa shape index (κ2) is 5.03. The first kappa shape index (κ1) is 12.3. The summed E-state index contributed by atoms with van der Waals surface area (Å²) < 4.78 is 5.42. The van der Waals surface area contributed by atoms with Gasteiger partial charge >= 0.3 is 0 Å². The van der Waals surface area contributed by atoms with Crippen molar-refractivity contribution in [1.82, 2.24) is 10.6 Å². The first-order valence-corrected chi connectivity index (χ1v) is 6.66. The van der Waals surface area contributed by atoms with E-state index >= 15 is 0 Å². The van der Waals surface area contributed by atoms with Gasteiger partial charge in [0.05, 0.1) is 0 Å². The van der Waals surface area contributed by atoms with E-state index in [9.17, 15) is 0 Å². The highest BCUT2D eigenvalue weighted by Gasteiger charge is 2.30. The first-order valence-electron chi connectivity index (χ1n) is 6.66. The summed E-state index contributed by atoms with van der Waals surface area (Å²) >= 11 is 0. The fourth-order valence-electron chi connectivity index (χ4n) is 2.79. The van der Waals surface area contributed by atoms with E-state index in [4.69, 9.17) is 4.74 Å². The Labute approximate surface area is 99.3 Å². The predicted octanol–water partition coefficient (Wildman–Crippen LogP) is 1.53. The molecule has 2 saturated heterocycles. The molecule has 16 heavy (non-hydrogen) atoms. The van der Waals surface area contributed by atoms with Gasteiger partial charge in [-0.15, -0.1) is 0 Å². The summed E-state index contributed by atoms with van der Waals surface area (Å²) in [4.78, 5) is 0. The molecule has 2 rings (SSSR count). The van der Waals surface area contributed by atoms with Crippen LogP contribution in [0.1, 0.15) is 39.5 Å². The zero-order chi connectivity index (χ0) is 11.5. The van der Waals surface area contributed by atoms with Crippen molar-refractivity contribution in [2.45, 2.75) is 45.1 Å². The molecule has 2 N–H and O–H groups in total. The van der Waals surface area contributed by atoms with Crippen molar-refractivity contribution in [2.24, 2.45) is 5.41 Å². The summed E-state index contributed by atoms with van der Waals surface area (Å²) in [6.07, 6.45) is 5.03. The van der Waals surface area contributed by atoms with Gasteiger partial charge in [0.2, 0.25) is 0 Å². The van der Waals surface area contributed by atoms with Crippen molar-refractivity contribution in [1.29, 1.82) is 0 Å². The number of rotatable bonds is 4. The molecule has 0 spiro atoms. The zero-order valence-corrected chi connectivity index (χ0v) is 10.8. The normalized spacial score (nSPS) is 34.1. The molecule has 0 aliphatic carbocycles. The third-order valence-electron chi connectivity index (χ3n) is 4.22. The molecule has 0 aromatic heterocycles. The Balaban J connectivity index is 1.70. The maximum Gasteiger partial charge on any atom is 0.0471 e. The Morgan fingerprint density at radius 2 is 1.88 bits per heavy atom. The van der Waals surface area contributed by atoms with E-state index in [2.05, 4.69) is 24.5 Å². The van der Waals surface area contributed by atoms with Crippen molar-refractivity contribution in [3.63, 3.8) is 0 Å². The minimum atomic E-state index is 0.335. The monoisotopic (exact) mass is 226 g/mol. The lowest BCUT2D eigenvalue weighted by Crippen LogP contribution is -2.48. The second-order valence-electron chi connectivity index (χ2n) is 6.12. The van der Waals surface area contributed by atoms with E-state index in [1.165, 1.54) is 32.2 Å². The molecule has 2 aliphatic rings. The van der Waals surface area contributed by atoms with Gasteiger partial charge in [-0.25, -0.2) is 0 Å². The average Bonchev–Trinajstić information content (AvgIpc) is 2.66. The van der Waals surface area contributed by atoms with E-state index in [1.54, 1.807) is 0 Å². The lowest BCUT2D eigenvalue weighted by atomic mass is 9.82. The van der Waals surface area contributed by atoms with Gasteiger partial charge < -0.3 is 15.4 Å². The van der Waals surface area contributed by atoms with Crippen LogP contribution in [-0.4, -0.2) is 38.4 Å². The van der Waals surface area contributed by atoms with Crippen molar-refractivity contribution < 1.29 is 4.74 Å². The molecule has 1 unspecified atom stereocenters. The summed E-state index contributed by atoms with van der Waals surface area (Å²) in [6.45, 7) is 10.0. The Kier molecular flexibility index (Phi) is 3.88. The summed E-state index contributed by atoms with van der Waals surface area (Å²) in [6, 6.07) is 0. The lowest BCUT2D eigenvalue weighted by molar-refractivity contribution is 0.0236. The quantitative estimate of drug-likeness (QED) is 0.763. The standard InChI is InChI=1S/C13H26N2O/c1-12(5-8-16-9-6-12)10-14-11-13(2)4-3-7-15-13/h14-15H,3-11H2,1-2H3. The fourth-order valence-corrected chi connectivity index (χ4v) is 2.79. The number of hydrogen-bond donors (Lipinski definition) is 2. The van der Waals surface area contributed by atoms with Crippen molar-refractivity contribution in [3.8, 4) is 0 Å². The molecule has 94 valence electrons. The largest absolute Gasteiger partial charge is 0.381 e. The van der Waals surface area contributed by atoms with E-state index in [-0.39, 0.29) is 0 Å². The molecule has 0 radical (unpaired) electrons. The minimum Gasteiger partial charge on any atom is -0.381 e. The van der Waals surface area contributed by atoms with Crippen molar-refractivity contribution in [3.05, 3.63) is 0 Å². The molecule has 0 bridgehead atoms. The lowest BCUT2D eigenvalue weighted by Gasteiger charge is -2.35. The first-order chi connectivity index (χ1) is 7.62. The molecule has 3 heteroatoms. The molecule has 0 aromatic carbocycles. The van der Waals surface area contributed by atoms with Crippen LogP contribution in [0.3, 0.4) is 0 Å². The molecule has 3 nitrogen and oxygen atoms in total. The number of ether oxygens (including phenoxy) is 1. The van der Waals surface area contributed by atoms with Gasteiger partial charge in [0.15, 0.2) is 0 Å². The predicted molar refractivity (Wildman–Crippen MR) is 66.7 cm³/mol. The highest BCUT2D eigenvalue weighted by molar-refractivity contribution is 4.91. The second-order valence-corrected chi connectivity index (χ2v) is 6.12. The SMILES string of the molecule is CC1(CNCC2(C)CCCN2)CCOCC1. The van der Waals surface area contributed by atoms with Gasteiger partial charge in [-0.2, -0.15) is 0 Å². The summed E-state index contributed by atoms with van der Waals surface area (Å²) in [5.41, 5.74) is 0.786. The highest BCUT2D eigenvalue weighted by atomic mass is 16.5. The third kappa shape index (κ3) is 3.19. The van der Waals surface area contributed by atoms with E-state index in [1.807, 2.05) is 0 Å². The van der Waals surface area contributed by atoms with Gasteiger partial charge in [-0.3, -0.25) is 0 Å². The smallest absolute Gasteiger partial charge is 0.0471 e. The van der Waals surface area contributed by atoms with Crippen molar-refractivity contribution >= 4 is 0 Å². The van der Waals surface area contributed by atoms with Crippen LogP contribution in [0, 0.1) is 5.41 Å². The van der Waals surface area contributed by atoms with Crippen molar-refractivity contribution in [2.75, 3.05) is 32.8 Å². The van der Waals surface area contributed by atoms with E-state index in [0.29, 0.717) is 11.0 Å². The Morgan fingerprint density at radius 1 is 1.12 bits per heavy atom. The Morgan fingerprint density at radius 3 is 2.50 bits per heavy atom. The average molecular weight is 226 g/mol. The molecule has 1 atom stereocenters. The Bertz CT molecular complexity index is 218. The molecular weight excluding hydrogens is 200 g/mol. The van der Waals surface area contributed by atoms with Gasteiger partial charge in [0.1, 0.15) is 0 Å². The number of nitrogens with one attached hydrogen (secondary N) is 2. The van der Waals surface area contributed by atoms with E-state index in [0.717, 1.165) is 26.3 Å². The van der Waals surface area contributed by atoms with Gasteiger partial charge in [0.25, 0.3) is 0 Å². The summed E-state index contributed by atoms with van der Waals surface area (Å²) in [5.74, 6) is 0. The van der Waals surface area contributed by atoms with Gasteiger partial charge in [-0.05, 0) is 44.6 Å². The van der Waals surface area contributed by atoms with Crippen LogP contribution in [0.5, 0.6) is 0 Å². The third-order valence-corrected chi connectivity index (χ3v) is 4.22. The molecule has 2 fully saturated rings. The maximum atomic E-state index is 5.42. The summed E-state index contributed by atoms with van der Waals surface area (Å²) in [7, 11) is 0. The van der Waals surface area contributed by atoms with Gasteiger partial charge in [-0.1, -0.05) is 6.92 Å². The molecule has 2 aliphatic heterocycles. The summed E-state index contributed by atoms with van der Waals surface area (Å²) in [5, 5.41) is 7.26. The highest BCUT2D eigenvalue weighted by Crippen LogP contribution is 2.29. The van der Waals surface area contributed by atoms with Crippen LogP contribution < -0.4 is 10.6 Å². The molecule has 2 heterocycles. The Hall–Kier alpha value is -0.120. The minimum absolute atomic E-state index is 0.335. The van der Waals surface area contributed by atoms with Crippen LogP contribution in [0.4, 0.5) is 0 Å².